The Morgan fingerprint density at radius 2 is 1.46 bits per heavy atom. The van der Waals surface area contributed by atoms with E-state index in [0.717, 1.165) is 26.2 Å². The number of carbonyl (C=O) groups excluding carboxylic acids is 1. The summed E-state index contributed by atoms with van der Waals surface area (Å²) in [5.74, 6) is 0.0776. The van der Waals surface area contributed by atoms with Crippen LogP contribution in [0.15, 0.2) is 72.8 Å². The Labute approximate surface area is 170 Å². The third-order valence-electron chi connectivity index (χ3n) is 6.01. The lowest BCUT2D eigenvalue weighted by atomic mass is 10.0. The van der Waals surface area contributed by atoms with Crippen LogP contribution >= 0.6 is 11.6 Å². The van der Waals surface area contributed by atoms with Crippen LogP contribution in [0, 0.1) is 0 Å². The number of hydrogen-bond acceptors (Lipinski definition) is 1. The molecule has 1 N–H and O–H groups in total. The molecule has 0 spiro atoms. The van der Waals surface area contributed by atoms with Crippen LogP contribution < -0.4 is 4.90 Å². The quantitative estimate of drug-likeness (QED) is 0.713. The van der Waals surface area contributed by atoms with Gasteiger partial charge in [-0.05, 0) is 29.3 Å². The van der Waals surface area contributed by atoms with Crippen LogP contribution in [0.1, 0.15) is 27.5 Å². The first-order valence-corrected chi connectivity index (χ1v) is 10.2. The van der Waals surface area contributed by atoms with Gasteiger partial charge in [0.25, 0.3) is 5.91 Å². The van der Waals surface area contributed by atoms with Crippen LogP contribution in [-0.2, 0) is 0 Å². The lowest BCUT2D eigenvalue weighted by molar-refractivity contribution is -0.928. The molecule has 0 radical (unpaired) electrons. The number of nitrogens with one attached hydrogen (secondary N) is 1. The van der Waals surface area contributed by atoms with Crippen molar-refractivity contribution in [2.24, 2.45) is 0 Å². The summed E-state index contributed by atoms with van der Waals surface area (Å²) in [7, 11) is 0. The number of fused-ring (bicyclic) bond motifs is 3. The lowest BCUT2D eigenvalue weighted by Crippen LogP contribution is -3.15. The van der Waals surface area contributed by atoms with Crippen molar-refractivity contribution in [1.29, 1.82) is 0 Å². The van der Waals surface area contributed by atoms with E-state index in [1.54, 1.807) is 12.1 Å². The minimum absolute atomic E-state index is 0.0776. The Hall–Kier alpha value is -2.62. The van der Waals surface area contributed by atoms with Gasteiger partial charge < -0.3 is 9.80 Å². The van der Waals surface area contributed by atoms with Crippen molar-refractivity contribution in [2.75, 3.05) is 26.2 Å². The Morgan fingerprint density at radius 1 is 0.857 bits per heavy atom. The Morgan fingerprint density at radius 3 is 2.07 bits per heavy atom. The molecule has 3 nitrogen and oxygen atoms in total. The second kappa shape index (κ2) is 7.08. The Bertz CT molecular complexity index is 995. The highest BCUT2D eigenvalue weighted by Crippen LogP contribution is 2.41. The maximum atomic E-state index is 12.8. The number of quaternary nitrogens is 1. The predicted octanol–water partition coefficient (Wildman–Crippen LogP) is 3.45. The minimum Gasteiger partial charge on any atom is -0.327 e. The van der Waals surface area contributed by atoms with Crippen molar-refractivity contribution < 1.29 is 9.69 Å². The Balaban J connectivity index is 1.37. The molecule has 1 heterocycles. The van der Waals surface area contributed by atoms with E-state index >= 15 is 0 Å². The zero-order valence-electron chi connectivity index (χ0n) is 15.6. The van der Waals surface area contributed by atoms with Crippen LogP contribution in [0.5, 0.6) is 0 Å². The molecule has 1 aliphatic carbocycles. The molecule has 1 amide bonds. The molecule has 0 aromatic heterocycles. The fourth-order valence-electron chi connectivity index (χ4n) is 4.69. The fraction of sp³-hybridized carbons (Fsp3) is 0.208. The summed E-state index contributed by atoms with van der Waals surface area (Å²) < 4.78 is 0. The van der Waals surface area contributed by atoms with Crippen molar-refractivity contribution in [2.45, 2.75) is 6.04 Å². The highest BCUT2D eigenvalue weighted by molar-refractivity contribution is 6.30. The second-order valence-corrected chi connectivity index (χ2v) is 8.00. The number of nitrogens with zero attached hydrogens (tertiary/aromatic N) is 1. The second-order valence-electron chi connectivity index (χ2n) is 7.57. The largest absolute Gasteiger partial charge is 0.327 e. The van der Waals surface area contributed by atoms with Crippen LogP contribution in [0.4, 0.5) is 0 Å². The molecular weight excluding hydrogens is 368 g/mol. The fourth-order valence-corrected chi connectivity index (χ4v) is 4.88. The van der Waals surface area contributed by atoms with E-state index < -0.39 is 0 Å². The van der Waals surface area contributed by atoms with Gasteiger partial charge in [-0.2, -0.15) is 0 Å². The summed E-state index contributed by atoms with van der Waals surface area (Å²) in [4.78, 5) is 16.3. The summed E-state index contributed by atoms with van der Waals surface area (Å²) in [6.07, 6.45) is 0. The summed E-state index contributed by atoms with van der Waals surface area (Å²) in [5, 5.41) is 0.606. The maximum absolute atomic E-state index is 12.8. The third kappa shape index (κ3) is 2.92. The van der Waals surface area contributed by atoms with Gasteiger partial charge in [-0.25, -0.2) is 0 Å². The molecule has 1 saturated heterocycles. The van der Waals surface area contributed by atoms with Crippen molar-refractivity contribution in [3.05, 3.63) is 94.5 Å². The molecule has 0 saturated carbocycles. The molecule has 28 heavy (non-hydrogen) atoms. The zero-order valence-corrected chi connectivity index (χ0v) is 16.3. The van der Waals surface area contributed by atoms with Gasteiger partial charge in [0.1, 0.15) is 6.04 Å². The smallest absolute Gasteiger partial charge is 0.254 e. The van der Waals surface area contributed by atoms with Gasteiger partial charge in [0.15, 0.2) is 0 Å². The number of rotatable bonds is 2. The lowest BCUT2D eigenvalue weighted by Gasteiger charge is -2.36. The molecule has 4 heteroatoms. The molecule has 2 aliphatic rings. The average molecular weight is 390 g/mol. The topological polar surface area (TPSA) is 24.8 Å². The molecule has 5 rings (SSSR count). The Kier molecular flexibility index (Phi) is 4.42. The van der Waals surface area contributed by atoms with E-state index in [4.69, 9.17) is 11.6 Å². The molecule has 0 bridgehead atoms. The van der Waals surface area contributed by atoms with Gasteiger partial charge in [0.05, 0.1) is 26.2 Å². The zero-order chi connectivity index (χ0) is 19.1. The molecule has 0 unspecified atom stereocenters. The van der Waals surface area contributed by atoms with E-state index in [2.05, 4.69) is 48.5 Å². The van der Waals surface area contributed by atoms with Gasteiger partial charge in [-0.15, -0.1) is 0 Å². The first kappa shape index (κ1) is 17.5. The van der Waals surface area contributed by atoms with Crippen molar-refractivity contribution >= 4 is 17.5 Å². The van der Waals surface area contributed by atoms with Gasteiger partial charge in [0.2, 0.25) is 0 Å². The van der Waals surface area contributed by atoms with E-state index in [1.165, 1.54) is 27.2 Å². The molecule has 3 aromatic carbocycles. The first-order valence-electron chi connectivity index (χ1n) is 9.80. The molecule has 1 fully saturated rings. The van der Waals surface area contributed by atoms with E-state index in [9.17, 15) is 4.79 Å². The number of amides is 1. The van der Waals surface area contributed by atoms with Crippen molar-refractivity contribution in [3.8, 4) is 11.1 Å². The number of carbonyl (C=O) groups is 1. The molecule has 0 atom stereocenters. The summed E-state index contributed by atoms with van der Waals surface area (Å²) in [6.45, 7) is 3.42. The number of hydrogen-bond donors (Lipinski definition) is 1. The van der Waals surface area contributed by atoms with E-state index in [1.807, 2.05) is 17.0 Å². The summed E-state index contributed by atoms with van der Waals surface area (Å²) >= 11 is 6.06. The molecular formula is C24H22ClN2O+. The van der Waals surface area contributed by atoms with Crippen molar-refractivity contribution in [3.63, 3.8) is 0 Å². The molecule has 1 aliphatic heterocycles. The standard InChI is InChI=1S/C24H21ClN2O/c25-18-7-5-6-17(16-18)24(28)27-14-12-26(13-15-27)23-21-10-3-1-8-19(21)20-9-2-4-11-22(20)23/h1-11,16,23H,12-15H2/p+1. The molecule has 3 aromatic rings. The third-order valence-corrected chi connectivity index (χ3v) is 6.24. The SMILES string of the molecule is O=C(c1cccc(Cl)c1)N1CC[NH+](C2c3ccccc3-c3ccccc32)CC1. The van der Waals surface area contributed by atoms with Crippen LogP contribution in [0.25, 0.3) is 11.1 Å². The van der Waals surface area contributed by atoms with Gasteiger partial charge in [-0.1, -0.05) is 66.2 Å². The highest BCUT2D eigenvalue weighted by Gasteiger charge is 2.38. The van der Waals surface area contributed by atoms with E-state index in [0.29, 0.717) is 16.6 Å². The normalized spacial score (nSPS) is 16.7. The van der Waals surface area contributed by atoms with Crippen LogP contribution in [0.2, 0.25) is 5.02 Å². The maximum Gasteiger partial charge on any atom is 0.254 e. The minimum atomic E-state index is 0.0776. The van der Waals surface area contributed by atoms with E-state index in [-0.39, 0.29) is 5.91 Å². The summed E-state index contributed by atoms with van der Waals surface area (Å²) in [6, 6.07) is 25.1. The highest BCUT2D eigenvalue weighted by atomic mass is 35.5. The summed E-state index contributed by atoms with van der Waals surface area (Å²) in [5.41, 5.74) is 6.20. The predicted molar refractivity (Wildman–Crippen MR) is 112 cm³/mol. The van der Waals surface area contributed by atoms with Crippen LogP contribution in [0.3, 0.4) is 0 Å². The number of halogens is 1. The number of benzene rings is 3. The van der Waals surface area contributed by atoms with Gasteiger partial charge in [-0.3, -0.25) is 4.79 Å². The van der Waals surface area contributed by atoms with Gasteiger partial charge in [0, 0.05) is 21.7 Å². The molecule has 140 valence electrons. The average Bonchev–Trinajstić information content (AvgIpc) is 3.08. The monoisotopic (exact) mass is 389 g/mol. The van der Waals surface area contributed by atoms with Crippen LogP contribution in [-0.4, -0.2) is 37.0 Å². The van der Waals surface area contributed by atoms with Crippen molar-refractivity contribution in [1.82, 2.24) is 4.90 Å². The number of piperazine rings is 1. The first-order chi connectivity index (χ1) is 13.7. The van der Waals surface area contributed by atoms with Gasteiger partial charge >= 0.3 is 0 Å².